The smallest absolute Gasteiger partial charge is 0.222 e. The molecule has 0 fully saturated rings. The topological polar surface area (TPSA) is 25.8 Å². The van der Waals surface area contributed by atoms with Crippen LogP contribution < -0.4 is 0 Å². The molecule has 2 aromatic rings. The van der Waals surface area contributed by atoms with Gasteiger partial charge in [0.2, 0.25) is 5.28 Å². The van der Waals surface area contributed by atoms with Crippen LogP contribution in [0.4, 0.5) is 0 Å². The Morgan fingerprint density at radius 3 is 2.21 bits per heavy atom. The molecule has 0 bridgehead atoms. The van der Waals surface area contributed by atoms with Gasteiger partial charge in [-0.25, -0.2) is 9.97 Å². The first kappa shape index (κ1) is 9.44. The summed E-state index contributed by atoms with van der Waals surface area (Å²) in [5.41, 5.74) is 1.77. The average molecular weight is 225 g/mol. The lowest BCUT2D eigenvalue weighted by Crippen LogP contribution is -1.84. The molecule has 4 heteroatoms. The summed E-state index contributed by atoms with van der Waals surface area (Å²) in [6, 6.07) is 7.53. The van der Waals surface area contributed by atoms with Crippen LogP contribution in [0.15, 0.2) is 36.7 Å². The Kier molecular flexibility index (Phi) is 2.66. The van der Waals surface area contributed by atoms with Crippen LogP contribution in [0.5, 0.6) is 0 Å². The number of aromatic nitrogens is 2. The Morgan fingerprint density at radius 1 is 0.929 bits per heavy atom. The van der Waals surface area contributed by atoms with Gasteiger partial charge in [0, 0.05) is 28.5 Å². The fourth-order valence-electron chi connectivity index (χ4n) is 1.15. The Morgan fingerprint density at radius 2 is 1.57 bits per heavy atom. The molecule has 0 saturated heterocycles. The lowest BCUT2D eigenvalue weighted by atomic mass is 10.1. The predicted octanol–water partition coefficient (Wildman–Crippen LogP) is 3.45. The zero-order valence-corrected chi connectivity index (χ0v) is 8.63. The van der Waals surface area contributed by atoms with Crippen molar-refractivity contribution in [2.75, 3.05) is 0 Å². The van der Waals surface area contributed by atoms with Gasteiger partial charge in [-0.05, 0) is 17.7 Å². The van der Waals surface area contributed by atoms with Gasteiger partial charge in [-0.3, -0.25) is 0 Å². The molecule has 0 N–H and O–H groups in total. The number of nitrogens with zero attached hydrogens (tertiary/aromatic N) is 2. The number of hydrogen-bond donors (Lipinski definition) is 0. The highest BCUT2D eigenvalue weighted by molar-refractivity contribution is 6.33. The molecule has 0 aliphatic rings. The maximum Gasteiger partial charge on any atom is 0.222 e. The summed E-state index contributed by atoms with van der Waals surface area (Å²) in [7, 11) is 0. The highest BCUT2D eigenvalue weighted by Gasteiger charge is 2.02. The number of hydrogen-bond acceptors (Lipinski definition) is 2. The molecule has 1 aromatic heterocycles. The molecule has 0 aliphatic carbocycles. The van der Waals surface area contributed by atoms with E-state index in [2.05, 4.69) is 9.97 Å². The van der Waals surface area contributed by atoms with Gasteiger partial charge in [0.05, 0.1) is 0 Å². The highest BCUT2D eigenvalue weighted by Crippen LogP contribution is 2.26. The average Bonchev–Trinajstić information content (AvgIpc) is 2.20. The van der Waals surface area contributed by atoms with E-state index in [-0.39, 0.29) is 5.28 Å². The fourth-order valence-corrected chi connectivity index (χ4v) is 1.49. The quantitative estimate of drug-likeness (QED) is 0.694. The molecule has 14 heavy (non-hydrogen) atoms. The monoisotopic (exact) mass is 224 g/mol. The summed E-state index contributed by atoms with van der Waals surface area (Å²) in [6.07, 6.45) is 3.30. The Bertz CT molecular complexity index is 440. The Balaban J connectivity index is 2.50. The van der Waals surface area contributed by atoms with Crippen LogP contribution in [-0.4, -0.2) is 9.97 Å². The summed E-state index contributed by atoms with van der Waals surface area (Å²) >= 11 is 11.6. The normalized spacial score (nSPS) is 10.1. The van der Waals surface area contributed by atoms with E-state index in [1.54, 1.807) is 12.4 Å². The van der Waals surface area contributed by atoms with Crippen LogP contribution in [0.25, 0.3) is 11.1 Å². The van der Waals surface area contributed by atoms with E-state index >= 15 is 0 Å². The first-order valence-corrected chi connectivity index (χ1v) is 4.75. The summed E-state index contributed by atoms with van der Waals surface area (Å²) in [5.74, 6) is 0. The van der Waals surface area contributed by atoms with Gasteiger partial charge in [0.1, 0.15) is 0 Å². The molecule has 0 spiro atoms. The SMILES string of the molecule is Clc1ncc(-c2ccccc2Cl)cn1. The lowest BCUT2D eigenvalue weighted by Gasteiger charge is -2.02. The van der Waals surface area contributed by atoms with Gasteiger partial charge in [0.15, 0.2) is 0 Å². The molecule has 2 rings (SSSR count). The molecule has 1 heterocycles. The molecule has 0 saturated carbocycles. The minimum atomic E-state index is 0.237. The van der Waals surface area contributed by atoms with Crippen molar-refractivity contribution in [3.8, 4) is 11.1 Å². The third kappa shape index (κ3) is 1.86. The van der Waals surface area contributed by atoms with E-state index in [1.165, 1.54) is 0 Å². The van der Waals surface area contributed by atoms with Gasteiger partial charge >= 0.3 is 0 Å². The predicted molar refractivity (Wildman–Crippen MR) is 57.5 cm³/mol. The first-order valence-electron chi connectivity index (χ1n) is 4.00. The van der Waals surface area contributed by atoms with E-state index in [1.807, 2.05) is 24.3 Å². The molecule has 0 amide bonds. The van der Waals surface area contributed by atoms with Crippen molar-refractivity contribution in [3.05, 3.63) is 47.0 Å². The molecule has 0 atom stereocenters. The van der Waals surface area contributed by atoms with Crippen molar-refractivity contribution < 1.29 is 0 Å². The largest absolute Gasteiger partial charge is 0.226 e. The van der Waals surface area contributed by atoms with Crippen molar-refractivity contribution in [1.29, 1.82) is 0 Å². The zero-order valence-electron chi connectivity index (χ0n) is 7.11. The minimum absolute atomic E-state index is 0.237. The van der Waals surface area contributed by atoms with Crippen molar-refractivity contribution in [3.63, 3.8) is 0 Å². The highest BCUT2D eigenvalue weighted by atomic mass is 35.5. The summed E-state index contributed by atoms with van der Waals surface area (Å²) in [5, 5.41) is 0.916. The van der Waals surface area contributed by atoms with E-state index in [0.717, 1.165) is 11.1 Å². The number of halogens is 2. The fraction of sp³-hybridized carbons (Fsp3) is 0. The molecule has 0 radical (unpaired) electrons. The molecular weight excluding hydrogens is 219 g/mol. The van der Waals surface area contributed by atoms with Crippen molar-refractivity contribution in [2.24, 2.45) is 0 Å². The van der Waals surface area contributed by atoms with E-state index in [4.69, 9.17) is 23.2 Å². The van der Waals surface area contributed by atoms with Gasteiger partial charge in [-0.2, -0.15) is 0 Å². The van der Waals surface area contributed by atoms with Crippen LogP contribution in [0, 0.1) is 0 Å². The maximum absolute atomic E-state index is 6.01. The van der Waals surface area contributed by atoms with Crippen LogP contribution in [0.2, 0.25) is 10.3 Å². The lowest BCUT2D eigenvalue weighted by molar-refractivity contribution is 1.17. The van der Waals surface area contributed by atoms with Gasteiger partial charge in [0.25, 0.3) is 0 Å². The molecule has 70 valence electrons. The molecule has 2 nitrogen and oxygen atoms in total. The van der Waals surface area contributed by atoms with E-state index in [0.29, 0.717) is 5.02 Å². The molecule has 1 aromatic carbocycles. The van der Waals surface area contributed by atoms with E-state index in [9.17, 15) is 0 Å². The molecule has 0 aliphatic heterocycles. The van der Waals surface area contributed by atoms with Crippen molar-refractivity contribution in [1.82, 2.24) is 9.97 Å². The van der Waals surface area contributed by atoms with Crippen LogP contribution in [-0.2, 0) is 0 Å². The zero-order chi connectivity index (χ0) is 9.97. The van der Waals surface area contributed by atoms with Gasteiger partial charge in [-0.15, -0.1) is 0 Å². The summed E-state index contributed by atoms with van der Waals surface area (Å²) in [4.78, 5) is 7.78. The summed E-state index contributed by atoms with van der Waals surface area (Å²) < 4.78 is 0. The number of benzene rings is 1. The van der Waals surface area contributed by atoms with Crippen LogP contribution in [0.1, 0.15) is 0 Å². The second kappa shape index (κ2) is 3.95. The molecular formula is C10H6Cl2N2. The number of rotatable bonds is 1. The standard InChI is InChI=1S/C10H6Cl2N2/c11-9-4-2-1-3-8(9)7-5-13-10(12)14-6-7/h1-6H. The Labute approximate surface area is 91.5 Å². The second-order valence-corrected chi connectivity index (χ2v) is 3.47. The van der Waals surface area contributed by atoms with Crippen molar-refractivity contribution in [2.45, 2.75) is 0 Å². The second-order valence-electron chi connectivity index (χ2n) is 2.72. The van der Waals surface area contributed by atoms with Crippen LogP contribution >= 0.6 is 23.2 Å². The van der Waals surface area contributed by atoms with Crippen molar-refractivity contribution >= 4 is 23.2 Å². The molecule has 0 unspecified atom stereocenters. The Hall–Kier alpha value is -1.12. The third-order valence-electron chi connectivity index (χ3n) is 1.81. The summed E-state index contributed by atoms with van der Waals surface area (Å²) in [6.45, 7) is 0. The minimum Gasteiger partial charge on any atom is -0.226 e. The van der Waals surface area contributed by atoms with Gasteiger partial charge in [-0.1, -0.05) is 29.8 Å². The van der Waals surface area contributed by atoms with Gasteiger partial charge < -0.3 is 0 Å². The third-order valence-corrected chi connectivity index (χ3v) is 2.33. The first-order chi connectivity index (χ1) is 6.77. The van der Waals surface area contributed by atoms with E-state index < -0.39 is 0 Å². The van der Waals surface area contributed by atoms with Crippen LogP contribution in [0.3, 0.4) is 0 Å². The maximum atomic E-state index is 6.01.